The van der Waals surface area contributed by atoms with Crippen molar-refractivity contribution in [2.75, 3.05) is 11.4 Å². The number of benzene rings is 1. The summed E-state index contributed by atoms with van der Waals surface area (Å²) in [5.74, 6) is 0.818. The SMILES string of the molecule is C=CCN(C(=O)CCc1nc(-c2ccccn2)no1)c1ccccc1. The van der Waals surface area contributed by atoms with Crippen molar-refractivity contribution in [1.29, 1.82) is 0 Å². The Morgan fingerprint density at radius 3 is 2.68 bits per heavy atom. The Bertz CT molecular complexity index is 831. The fourth-order valence-corrected chi connectivity index (χ4v) is 2.39. The van der Waals surface area contributed by atoms with E-state index in [-0.39, 0.29) is 12.3 Å². The van der Waals surface area contributed by atoms with Crippen LogP contribution < -0.4 is 4.90 Å². The van der Waals surface area contributed by atoms with Gasteiger partial charge in [-0.05, 0) is 24.3 Å². The molecule has 0 spiro atoms. The van der Waals surface area contributed by atoms with Gasteiger partial charge in [0, 0.05) is 31.3 Å². The molecule has 0 saturated carbocycles. The smallest absolute Gasteiger partial charge is 0.227 e. The van der Waals surface area contributed by atoms with E-state index in [9.17, 15) is 4.79 Å². The van der Waals surface area contributed by atoms with E-state index in [2.05, 4.69) is 21.7 Å². The Morgan fingerprint density at radius 2 is 1.96 bits per heavy atom. The van der Waals surface area contributed by atoms with E-state index >= 15 is 0 Å². The van der Waals surface area contributed by atoms with E-state index in [0.29, 0.717) is 30.4 Å². The first-order valence-electron chi connectivity index (χ1n) is 7.98. The Balaban J connectivity index is 1.65. The fraction of sp³-hybridized carbons (Fsp3) is 0.158. The Kier molecular flexibility index (Phi) is 5.31. The number of carbonyl (C=O) groups is 1. The van der Waals surface area contributed by atoms with Gasteiger partial charge in [-0.2, -0.15) is 4.98 Å². The minimum atomic E-state index is -0.0244. The number of aryl methyl sites for hydroxylation is 1. The van der Waals surface area contributed by atoms with Crippen molar-refractivity contribution in [3.05, 3.63) is 73.3 Å². The summed E-state index contributed by atoms with van der Waals surface area (Å²) in [5.41, 5.74) is 1.48. The molecule has 0 radical (unpaired) electrons. The average molecular weight is 334 g/mol. The molecule has 0 bridgehead atoms. The number of para-hydroxylation sites is 1. The normalized spacial score (nSPS) is 10.4. The van der Waals surface area contributed by atoms with Gasteiger partial charge in [0.15, 0.2) is 0 Å². The molecule has 0 aliphatic carbocycles. The van der Waals surface area contributed by atoms with Gasteiger partial charge in [-0.3, -0.25) is 9.78 Å². The van der Waals surface area contributed by atoms with E-state index in [4.69, 9.17) is 4.52 Å². The predicted molar refractivity (Wildman–Crippen MR) is 94.8 cm³/mol. The number of anilines is 1. The maximum Gasteiger partial charge on any atom is 0.227 e. The molecule has 0 atom stereocenters. The number of hydrogen-bond acceptors (Lipinski definition) is 5. The molecule has 2 aromatic heterocycles. The molecule has 1 amide bonds. The lowest BCUT2D eigenvalue weighted by molar-refractivity contribution is -0.118. The van der Waals surface area contributed by atoms with Gasteiger partial charge in [-0.15, -0.1) is 6.58 Å². The largest absolute Gasteiger partial charge is 0.339 e. The van der Waals surface area contributed by atoms with Gasteiger partial charge in [0.2, 0.25) is 17.6 Å². The van der Waals surface area contributed by atoms with Crippen molar-refractivity contribution in [2.24, 2.45) is 0 Å². The Hall–Kier alpha value is -3.28. The fourth-order valence-electron chi connectivity index (χ4n) is 2.39. The first kappa shape index (κ1) is 16.6. The van der Waals surface area contributed by atoms with Gasteiger partial charge in [0.05, 0.1) is 0 Å². The first-order valence-corrected chi connectivity index (χ1v) is 7.98. The third-order valence-electron chi connectivity index (χ3n) is 3.60. The van der Waals surface area contributed by atoms with Crippen LogP contribution in [-0.4, -0.2) is 27.6 Å². The highest BCUT2D eigenvalue weighted by Crippen LogP contribution is 2.16. The molecule has 25 heavy (non-hydrogen) atoms. The summed E-state index contributed by atoms with van der Waals surface area (Å²) in [5, 5.41) is 3.91. The third-order valence-corrected chi connectivity index (χ3v) is 3.60. The highest BCUT2D eigenvalue weighted by Gasteiger charge is 2.16. The molecule has 0 aliphatic heterocycles. The number of nitrogens with zero attached hydrogens (tertiary/aromatic N) is 4. The van der Waals surface area contributed by atoms with Crippen LogP contribution in [0.5, 0.6) is 0 Å². The Morgan fingerprint density at radius 1 is 1.16 bits per heavy atom. The molecule has 6 heteroatoms. The van der Waals surface area contributed by atoms with Crippen LogP contribution in [0.1, 0.15) is 12.3 Å². The van der Waals surface area contributed by atoms with Crippen molar-refractivity contribution >= 4 is 11.6 Å². The Labute approximate surface area is 145 Å². The molecule has 0 N–H and O–H groups in total. The summed E-state index contributed by atoms with van der Waals surface area (Å²) in [6.07, 6.45) is 4.02. The second-order valence-corrected chi connectivity index (χ2v) is 5.36. The van der Waals surface area contributed by atoms with Gasteiger partial charge in [-0.25, -0.2) is 0 Å². The molecule has 126 valence electrons. The molecule has 3 rings (SSSR count). The van der Waals surface area contributed by atoms with Gasteiger partial charge in [0.25, 0.3) is 0 Å². The van der Waals surface area contributed by atoms with Crippen LogP contribution in [0.3, 0.4) is 0 Å². The van der Waals surface area contributed by atoms with E-state index in [0.717, 1.165) is 5.69 Å². The van der Waals surface area contributed by atoms with Crippen LogP contribution in [0, 0.1) is 0 Å². The maximum atomic E-state index is 12.6. The zero-order valence-electron chi connectivity index (χ0n) is 13.7. The molecule has 0 saturated heterocycles. The topological polar surface area (TPSA) is 72.1 Å². The second-order valence-electron chi connectivity index (χ2n) is 5.36. The molecular formula is C19H18N4O2. The molecule has 0 aliphatic rings. The van der Waals surface area contributed by atoms with E-state index in [1.54, 1.807) is 23.2 Å². The lowest BCUT2D eigenvalue weighted by Crippen LogP contribution is -2.31. The highest BCUT2D eigenvalue weighted by molar-refractivity contribution is 5.93. The van der Waals surface area contributed by atoms with Crippen molar-refractivity contribution < 1.29 is 9.32 Å². The molecule has 2 heterocycles. The van der Waals surface area contributed by atoms with Gasteiger partial charge in [0.1, 0.15) is 5.69 Å². The summed E-state index contributed by atoms with van der Waals surface area (Å²) in [6, 6.07) is 15.0. The van der Waals surface area contributed by atoms with Crippen LogP contribution in [0.2, 0.25) is 0 Å². The lowest BCUT2D eigenvalue weighted by atomic mass is 10.2. The molecule has 3 aromatic rings. The summed E-state index contributed by atoms with van der Waals surface area (Å²) >= 11 is 0. The second kappa shape index (κ2) is 8.01. The lowest BCUT2D eigenvalue weighted by Gasteiger charge is -2.20. The number of rotatable bonds is 7. The molecular weight excluding hydrogens is 316 g/mol. The van der Waals surface area contributed by atoms with Gasteiger partial charge in [-0.1, -0.05) is 35.5 Å². The monoisotopic (exact) mass is 334 g/mol. The summed E-state index contributed by atoms with van der Waals surface area (Å²) in [6.45, 7) is 4.17. The molecule has 0 fully saturated rings. The number of amides is 1. The van der Waals surface area contributed by atoms with E-state index in [1.807, 2.05) is 42.5 Å². The molecule has 6 nitrogen and oxygen atoms in total. The zero-order valence-corrected chi connectivity index (χ0v) is 13.7. The van der Waals surface area contributed by atoms with Crippen molar-refractivity contribution in [3.8, 4) is 11.5 Å². The first-order chi connectivity index (χ1) is 12.3. The molecule has 1 aromatic carbocycles. The number of carbonyl (C=O) groups excluding carboxylic acids is 1. The van der Waals surface area contributed by atoms with Crippen LogP contribution in [0.4, 0.5) is 5.69 Å². The maximum absolute atomic E-state index is 12.6. The van der Waals surface area contributed by atoms with Gasteiger partial charge < -0.3 is 9.42 Å². The number of hydrogen-bond donors (Lipinski definition) is 0. The minimum Gasteiger partial charge on any atom is -0.339 e. The zero-order chi connectivity index (χ0) is 17.5. The van der Waals surface area contributed by atoms with Crippen molar-refractivity contribution in [1.82, 2.24) is 15.1 Å². The third kappa shape index (κ3) is 4.17. The number of pyridine rings is 1. The molecule has 0 unspecified atom stereocenters. The van der Waals surface area contributed by atoms with Crippen LogP contribution >= 0.6 is 0 Å². The predicted octanol–water partition coefficient (Wildman–Crippen LogP) is 3.28. The van der Waals surface area contributed by atoms with Crippen molar-refractivity contribution in [3.63, 3.8) is 0 Å². The van der Waals surface area contributed by atoms with Gasteiger partial charge >= 0.3 is 0 Å². The van der Waals surface area contributed by atoms with Crippen LogP contribution in [0.15, 0.2) is 71.9 Å². The minimum absolute atomic E-state index is 0.0244. The van der Waals surface area contributed by atoms with Crippen LogP contribution in [0.25, 0.3) is 11.5 Å². The standard InChI is InChI=1S/C19H18N4O2/c1-2-14-23(15-8-4-3-5-9-15)18(24)12-11-17-21-19(22-25-17)16-10-6-7-13-20-16/h2-10,13H,1,11-12,14H2. The van der Waals surface area contributed by atoms with E-state index < -0.39 is 0 Å². The quantitative estimate of drug-likeness (QED) is 0.620. The average Bonchev–Trinajstić information content (AvgIpc) is 3.15. The summed E-state index contributed by atoms with van der Waals surface area (Å²) < 4.78 is 5.22. The van der Waals surface area contributed by atoms with Crippen LogP contribution in [-0.2, 0) is 11.2 Å². The van der Waals surface area contributed by atoms with Crippen molar-refractivity contribution in [2.45, 2.75) is 12.8 Å². The summed E-state index contributed by atoms with van der Waals surface area (Å²) in [4.78, 5) is 22.7. The number of aromatic nitrogens is 3. The highest BCUT2D eigenvalue weighted by atomic mass is 16.5. The summed E-state index contributed by atoms with van der Waals surface area (Å²) in [7, 11) is 0. The van der Waals surface area contributed by atoms with E-state index in [1.165, 1.54) is 0 Å².